The Morgan fingerprint density at radius 2 is 2.10 bits per heavy atom. The molecule has 2 aromatic rings. The van der Waals surface area contributed by atoms with E-state index >= 15 is 0 Å². The van der Waals surface area contributed by atoms with Crippen molar-refractivity contribution in [3.05, 3.63) is 53.6 Å². The van der Waals surface area contributed by atoms with Crippen LogP contribution in [-0.2, 0) is 4.79 Å². The molecule has 2 aromatic carbocycles. The molecule has 102 valence electrons. The number of carbonyl (C=O) groups is 1. The molecule has 0 radical (unpaired) electrons. The van der Waals surface area contributed by atoms with Gasteiger partial charge in [-0.05, 0) is 42.3 Å². The van der Waals surface area contributed by atoms with Crippen LogP contribution in [0, 0.1) is 6.92 Å². The molecule has 1 unspecified atom stereocenters. The van der Waals surface area contributed by atoms with Crippen molar-refractivity contribution in [1.29, 1.82) is 0 Å². The Morgan fingerprint density at radius 1 is 1.30 bits per heavy atom. The van der Waals surface area contributed by atoms with Gasteiger partial charge in [0.05, 0.1) is 5.92 Å². The van der Waals surface area contributed by atoms with Crippen LogP contribution >= 0.6 is 0 Å². The maximum Gasteiger partial charge on any atom is 0.233 e. The highest BCUT2D eigenvalue weighted by Crippen LogP contribution is 2.32. The molecular weight excluding hydrogens is 252 g/mol. The van der Waals surface area contributed by atoms with Gasteiger partial charge in [-0.3, -0.25) is 4.79 Å². The summed E-state index contributed by atoms with van der Waals surface area (Å²) < 4.78 is 0. The standard InChI is InChI=1S/C16H16N2O2/c1-10-8-11(19)6-7-14(10)18-16(20)13-9-17-15-5-3-2-4-12(13)15/h2-8,13,17,19H,9H2,1H3,(H,18,20). The lowest BCUT2D eigenvalue weighted by Crippen LogP contribution is -2.22. The number of benzene rings is 2. The fourth-order valence-electron chi connectivity index (χ4n) is 2.53. The summed E-state index contributed by atoms with van der Waals surface area (Å²) >= 11 is 0. The summed E-state index contributed by atoms with van der Waals surface area (Å²) in [5.41, 5.74) is 3.63. The van der Waals surface area contributed by atoms with E-state index in [-0.39, 0.29) is 17.6 Å². The number of nitrogens with one attached hydrogen (secondary N) is 2. The highest BCUT2D eigenvalue weighted by atomic mass is 16.3. The lowest BCUT2D eigenvalue weighted by Gasteiger charge is -2.13. The third-order valence-corrected chi connectivity index (χ3v) is 3.62. The van der Waals surface area contributed by atoms with Gasteiger partial charge in [-0.1, -0.05) is 18.2 Å². The second-order valence-electron chi connectivity index (χ2n) is 5.01. The van der Waals surface area contributed by atoms with E-state index in [0.717, 1.165) is 22.5 Å². The van der Waals surface area contributed by atoms with Crippen molar-refractivity contribution in [1.82, 2.24) is 0 Å². The molecule has 3 rings (SSSR count). The first-order valence-corrected chi connectivity index (χ1v) is 6.58. The van der Waals surface area contributed by atoms with Crippen molar-refractivity contribution in [2.24, 2.45) is 0 Å². The molecule has 1 amide bonds. The van der Waals surface area contributed by atoms with Crippen LogP contribution in [0.4, 0.5) is 11.4 Å². The predicted molar refractivity (Wildman–Crippen MR) is 79.1 cm³/mol. The molecule has 0 aliphatic carbocycles. The number of phenolic OH excluding ortho intramolecular Hbond substituents is 1. The van der Waals surface area contributed by atoms with Gasteiger partial charge in [0.2, 0.25) is 5.91 Å². The van der Waals surface area contributed by atoms with E-state index in [1.807, 2.05) is 31.2 Å². The number of fused-ring (bicyclic) bond motifs is 1. The number of aryl methyl sites for hydroxylation is 1. The summed E-state index contributed by atoms with van der Waals surface area (Å²) in [5.74, 6) is -0.0102. The Kier molecular flexibility index (Phi) is 3.06. The number of hydrogen-bond acceptors (Lipinski definition) is 3. The number of phenols is 1. The maximum atomic E-state index is 12.4. The summed E-state index contributed by atoms with van der Waals surface area (Å²) in [7, 11) is 0. The van der Waals surface area contributed by atoms with Crippen molar-refractivity contribution in [3.8, 4) is 5.75 Å². The summed E-state index contributed by atoms with van der Waals surface area (Å²) in [6.45, 7) is 2.47. The van der Waals surface area contributed by atoms with Crippen molar-refractivity contribution in [2.75, 3.05) is 17.2 Å². The van der Waals surface area contributed by atoms with Gasteiger partial charge in [0.1, 0.15) is 5.75 Å². The Bertz CT molecular complexity index is 667. The van der Waals surface area contributed by atoms with Crippen LogP contribution in [0.2, 0.25) is 0 Å². The molecule has 0 spiro atoms. The van der Waals surface area contributed by atoms with Gasteiger partial charge in [-0.25, -0.2) is 0 Å². The van der Waals surface area contributed by atoms with Crippen LogP contribution in [0.15, 0.2) is 42.5 Å². The summed E-state index contributed by atoms with van der Waals surface area (Å²) in [4.78, 5) is 12.4. The molecule has 4 nitrogen and oxygen atoms in total. The average Bonchev–Trinajstić information content (AvgIpc) is 2.86. The van der Waals surface area contributed by atoms with Crippen molar-refractivity contribution in [2.45, 2.75) is 12.8 Å². The minimum atomic E-state index is -0.181. The zero-order valence-electron chi connectivity index (χ0n) is 11.2. The van der Waals surface area contributed by atoms with Crippen LogP contribution in [0.1, 0.15) is 17.0 Å². The summed E-state index contributed by atoms with van der Waals surface area (Å²) in [6, 6.07) is 12.8. The van der Waals surface area contributed by atoms with E-state index in [1.54, 1.807) is 18.2 Å². The van der Waals surface area contributed by atoms with E-state index in [4.69, 9.17) is 0 Å². The second kappa shape index (κ2) is 4.89. The van der Waals surface area contributed by atoms with Crippen LogP contribution < -0.4 is 10.6 Å². The molecule has 3 N–H and O–H groups in total. The van der Waals surface area contributed by atoms with Crippen molar-refractivity contribution < 1.29 is 9.90 Å². The molecule has 1 aliphatic rings. The zero-order valence-corrected chi connectivity index (χ0v) is 11.2. The fraction of sp³-hybridized carbons (Fsp3) is 0.188. The molecule has 4 heteroatoms. The van der Waals surface area contributed by atoms with E-state index < -0.39 is 0 Å². The maximum absolute atomic E-state index is 12.4. The lowest BCUT2D eigenvalue weighted by atomic mass is 10.0. The Balaban J connectivity index is 1.81. The monoisotopic (exact) mass is 268 g/mol. The fourth-order valence-corrected chi connectivity index (χ4v) is 2.53. The van der Waals surface area contributed by atoms with Gasteiger partial charge in [0, 0.05) is 17.9 Å². The number of amides is 1. The van der Waals surface area contributed by atoms with Crippen LogP contribution in [0.25, 0.3) is 0 Å². The van der Waals surface area contributed by atoms with Crippen LogP contribution in [0.3, 0.4) is 0 Å². The Labute approximate surface area is 117 Å². The normalized spacial score (nSPS) is 16.4. The van der Waals surface area contributed by atoms with E-state index in [2.05, 4.69) is 10.6 Å². The largest absolute Gasteiger partial charge is 0.508 e. The molecule has 0 fully saturated rings. The first kappa shape index (κ1) is 12.5. The number of rotatable bonds is 2. The van der Waals surface area contributed by atoms with Gasteiger partial charge in [-0.15, -0.1) is 0 Å². The van der Waals surface area contributed by atoms with E-state index in [9.17, 15) is 9.90 Å². The number of anilines is 2. The van der Waals surface area contributed by atoms with Crippen molar-refractivity contribution >= 4 is 17.3 Å². The molecule has 0 saturated carbocycles. The third-order valence-electron chi connectivity index (χ3n) is 3.62. The Hall–Kier alpha value is -2.49. The van der Waals surface area contributed by atoms with Crippen LogP contribution in [0.5, 0.6) is 5.75 Å². The quantitative estimate of drug-likeness (QED) is 0.734. The molecule has 0 saturated heterocycles. The molecule has 0 aromatic heterocycles. The van der Waals surface area contributed by atoms with Gasteiger partial charge >= 0.3 is 0 Å². The summed E-state index contributed by atoms with van der Waals surface area (Å²) in [6.07, 6.45) is 0. The van der Waals surface area contributed by atoms with Gasteiger partial charge in [0.25, 0.3) is 0 Å². The van der Waals surface area contributed by atoms with Gasteiger partial charge in [0.15, 0.2) is 0 Å². The molecule has 1 atom stereocenters. The second-order valence-corrected chi connectivity index (χ2v) is 5.01. The van der Waals surface area contributed by atoms with Gasteiger partial charge < -0.3 is 15.7 Å². The van der Waals surface area contributed by atoms with Crippen LogP contribution in [-0.4, -0.2) is 17.6 Å². The average molecular weight is 268 g/mol. The molecular formula is C16H16N2O2. The lowest BCUT2D eigenvalue weighted by molar-refractivity contribution is -0.117. The van der Waals surface area contributed by atoms with E-state index in [0.29, 0.717) is 6.54 Å². The molecule has 20 heavy (non-hydrogen) atoms. The molecule has 1 heterocycles. The van der Waals surface area contributed by atoms with Crippen molar-refractivity contribution in [3.63, 3.8) is 0 Å². The smallest absolute Gasteiger partial charge is 0.233 e. The number of hydrogen-bond donors (Lipinski definition) is 3. The molecule has 0 bridgehead atoms. The van der Waals surface area contributed by atoms with E-state index in [1.165, 1.54) is 0 Å². The van der Waals surface area contributed by atoms with Gasteiger partial charge in [-0.2, -0.15) is 0 Å². The number of aromatic hydroxyl groups is 1. The minimum Gasteiger partial charge on any atom is -0.508 e. The minimum absolute atomic E-state index is 0.0313. The zero-order chi connectivity index (χ0) is 14.1. The number of carbonyl (C=O) groups excluding carboxylic acids is 1. The first-order valence-electron chi connectivity index (χ1n) is 6.58. The summed E-state index contributed by atoms with van der Waals surface area (Å²) in [5, 5.41) is 15.6. The highest BCUT2D eigenvalue weighted by Gasteiger charge is 2.28. The molecule has 1 aliphatic heterocycles. The predicted octanol–water partition coefficient (Wildman–Crippen LogP) is 2.85. The highest BCUT2D eigenvalue weighted by molar-refractivity contribution is 5.98. The Morgan fingerprint density at radius 3 is 2.90 bits per heavy atom. The third kappa shape index (κ3) is 2.20. The topological polar surface area (TPSA) is 61.4 Å². The SMILES string of the molecule is Cc1cc(O)ccc1NC(=O)C1CNc2ccccc21. The number of para-hydroxylation sites is 1. The first-order chi connectivity index (χ1) is 9.65.